The van der Waals surface area contributed by atoms with Crippen molar-refractivity contribution < 1.29 is 9.32 Å². The molecule has 1 saturated heterocycles. The Hall–Kier alpha value is -1.01. The topological polar surface area (TPSA) is 58.4 Å². The monoisotopic (exact) mass is 349 g/mol. The fourth-order valence-electron chi connectivity index (χ4n) is 3.88. The molecule has 2 atom stereocenters. The van der Waals surface area contributed by atoms with Crippen molar-refractivity contribution in [3.8, 4) is 0 Å². The molecular weight excluding hydrogens is 322 g/mol. The number of rotatable bonds is 8. The molecule has 1 aliphatic heterocycles. The van der Waals surface area contributed by atoms with Crippen molar-refractivity contribution in [2.75, 3.05) is 31.6 Å². The Kier molecular flexibility index (Phi) is 4.86. The second-order valence-corrected chi connectivity index (χ2v) is 8.56. The van der Waals surface area contributed by atoms with E-state index < -0.39 is 0 Å². The molecule has 2 saturated carbocycles. The highest BCUT2D eigenvalue weighted by molar-refractivity contribution is 7.98. The molecule has 0 spiro atoms. The molecule has 0 radical (unpaired) electrons. The Morgan fingerprint density at radius 1 is 1.38 bits per heavy atom. The van der Waals surface area contributed by atoms with Crippen LogP contribution in [-0.4, -0.2) is 53.6 Å². The smallest absolute Gasteiger partial charge is 0.273 e. The third kappa shape index (κ3) is 3.80. The van der Waals surface area contributed by atoms with Gasteiger partial charge in [0.1, 0.15) is 5.76 Å². The standard InChI is InChI=1S/C18H27N3O2S/c1-24-8-2-7-21-10-14(12-3-4-12)16(11-21)19-18(22)15-9-17(23-20-15)13-5-6-13/h9,12-14,16H,2-8,10-11H2,1H3,(H,19,22)/t14-,16+/m0/s1. The first-order valence-corrected chi connectivity index (χ1v) is 10.6. The van der Waals surface area contributed by atoms with Crippen molar-refractivity contribution in [1.29, 1.82) is 0 Å². The normalized spacial score (nSPS) is 27.5. The molecule has 24 heavy (non-hydrogen) atoms. The second kappa shape index (κ2) is 7.08. The zero-order valence-electron chi connectivity index (χ0n) is 14.4. The summed E-state index contributed by atoms with van der Waals surface area (Å²) in [7, 11) is 0. The maximum atomic E-state index is 12.6. The Labute approximate surface area is 147 Å². The first-order valence-electron chi connectivity index (χ1n) is 9.23. The van der Waals surface area contributed by atoms with Gasteiger partial charge in [-0.2, -0.15) is 11.8 Å². The van der Waals surface area contributed by atoms with Crippen molar-refractivity contribution >= 4 is 17.7 Å². The molecule has 5 nitrogen and oxygen atoms in total. The van der Waals surface area contributed by atoms with Gasteiger partial charge in [0.15, 0.2) is 5.69 Å². The van der Waals surface area contributed by atoms with E-state index in [1.54, 1.807) is 0 Å². The van der Waals surface area contributed by atoms with E-state index in [2.05, 4.69) is 21.6 Å². The molecule has 0 unspecified atom stereocenters. The Morgan fingerprint density at radius 3 is 2.92 bits per heavy atom. The van der Waals surface area contributed by atoms with Crippen LogP contribution in [0.3, 0.4) is 0 Å². The van der Waals surface area contributed by atoms with E-state index in [0.717, 1.165) is 44.2 Å². The van der Waals surface area contributed by atoms with Crippen LogP contribution in [0, 0.1) is 11.8 Å². The van der Waals surface area contributed by atoms with Crippen LogP contribution in [-0.2, 0) is 0 Å². The van der Waals surface area contributed by atoms with E-state index in [4.69, 9.17) is 4.52 Å². The summed E-state index contributed by atoms with van der Waals surface area (Å²) in [6.45, 7) is 3.26. The van der Waals surface area contributed by atoms with Crippen LogP contribution in [0.1, 0.15) is 54.3 Å². The van der Waals surface area contributed by atoms with Crippen LogP contribution in [0.25, 0.3) is 0 Å². The van der Waals surface area contributed by atoms with Gasteiger partial charge in [0.05, 0.1) is 0 Å². The predicted octanol–water partition coefficient (Wildman–Crippen LogP) is 2.75. The first kappa shape index (κ1) is 16.5. The van der Waals surface area contributed by atoms with Crippen molar-refractivity contribution in [3.05, 3.63) is 17.5 Å². The van der Waals surface area contributed by atoms with Crippen LogP contribution in [0.5, 0.6) is 0 Å². The highest BCUT2D eigenvalue weighted by Crippen LogP contribution is 2.42. The molecule has 2 heterocycles. The fourth-order valence-corrected chi connectivity index (χ4v) is 4.30. The molecule has 1 aromatic heterocycles. The highest BCUT2D eigenvalue weighted by atomic mass is 32.2. The summed E-state index contributed by atoms with van der Waals surface area (Å²) in [6, 6.07) is 2.10. The number of nitrogens with one attached hydrogen (secondary N) is 1. The average Bonchev–Trinajstić information content (AvgIpc) is 3.51. The molecule has 1 amide bonds. The molecular formula is C18H27N3O2S. The van der Waals surface area contributed by atoms with E-state index in [1.165, 1.54) is 25.0 Å². The van der Waals surface area contributed by atoms with Gasteiger partial charge in [0.25, 0.3) is 5.91 Å². The molecule has 132 valence electrons. The molecule has 0 bridgehead atoms. The molecule has 2 aliphatic carbocycles. The van der Waals surface area contributed by atoms with Crippen LogP contribution < -0.4 is 5.32 Å². The van der Waals surface area contributed by atoms with E-state index in [0.29, 0.717) is 17.5 Å². The van der Waals surface area contributed by atoms with Gasteiger partial charge in [-0.1, -0.05) is 5.16 Å². The van der Waals surface area contributed by atoms with E-state index >= 15 is 0 Å². The molecule has 0 aromatic carbocycles. The van der Waals surface area contributed by atoms with E-state index in [1.807, 2.05) is 17.8 Å². The van der Waals surface area contributed by atoms with E-state index in [-0.39, 0.29) is 11.9 Å². The Morgan fingerprint density at radius 2 is 2.21 bits per heavy atom. The summed E-state index contributed by atoms with van der Waals surface area (Å²) in [5.41, 5.74) is 0.451. The maximum absolute atomic E-state index is 12.6. The van der Waals surface area contributed by atoms with Crippen LogP contribution in [0.15, 0.2) is 10.6 Å². The predicted molar refractivity (Wildman–Crippen MR) is 95.4 cm³/mol. The summed E-state index contributed by atoms with van der Waals surface area (Å²) in [5, 5.41) is 7.23. The largest absolute Gasteiger partial charge is 0.360 e. The quantitative estimate of drug-likeness (QED) is 0.731. The third-order valence-electron chi connectivity index (χ3n) is 5.55. The molecule has 3 fully saturated rings. The number of aromatic nitrogens is 1. The lowest BCUT2D eigenvalue weighted by molar-refractivity contribution is 0.0918. The lowest BCUT2D eigenvalue weighted by atomic mass is 9.98. The number of nitrogens with zero attached hydrogens (tertiary/aromatic N) is 2. The minimum atomic E-state index is -0.0627. The molecule has 1 N–H and O–H groups in total. The summed E-state index contributed by atoms with van der Waals surface area (Å²) in [5.74, 6) is 3.94. The second-order valence-electron chi connectivity index (χ2n) is 7.58. The minimum Gasteiger partial charge on any atom is -0.360 e. The lowest BCUT2D eigenvalue weighted by Crippen LogP contribution is -2.41. The zero-order chi connectivity index (χ0) is 16.5. The van der Waals surface area contributed by atoms with Gasteiger partial charge in [-0.25, -0.2) is 0 Å². The molecule has 1 aromatic rings. The minimum absolute atomic E-state index is 0.0627. The van der Waals surface area contributed by atoms with Crippen molar-refractivity contribution in [2.24, 2.45) is 11.8 Å². The Bertz CT molecular complexity index is 583. The van der Waals surface area contributed by atoms with Crippen LogP contribution >= 0.6 is 11.8 Å². The maximum Gasteiger partial charge on any atom is 0.273 e. The van der Waals surface area contributed by atoms with Gasteiger partial charge in [0.2, 0.25) is 0 Å². The van der Waals surface area contributed by atoms with Gasteiger partial charge >= 0.3 is 0 Å². The number of hydrogen-bond donors (Lipinski definition) is 1. The number of hydrogen-bond acceptors (Lipinski definition) is 5. The van der Waals surface area contributed by atoms with Crippen LogP contribution in [0.2, 0.25) is 0 Å². The van der Waals surface area contributed by atoms with Crippen LogP contribution in [0.4, 0.5) is 0 Å². The number of likely N-dealkylation sites (tertiary alicyclic amines) is 1. The third-order valence-corrected chi connectivity index (χ3v) is 6.25. The highest BCUT2D eigenvalue weighted by Gasteiger charge is 2.43. The molecule has 6 heteroatoms. The molecule has 3 aliphatic rings. The van der Waals surface area contributed by atoms with Gasteiger partial charge in [0, 0.05) is 31.1 Å². The fraction of sp³-hybridized carbons (Fsp3) is 0.778. The van der Waals surface area contributed by atoms with Crippen molar-refractivity contribution in [3.63, 3.8) is 0 Å². The summed E-state index contributed by atoms with van der Waals surface area (Å²) < 4.78 is 5.32. The average molecular weight is 350 g/mol. The zero-order valence-corrected chi connectivity index (χ0v) is 15.2. The summed E-state index contributed by atoms with van der Waals surface area (Å²) in [6.07, 6.45) is 8.36. The number of amides is 1. The van der Waals surface area contributed by atoms with Gasteiger partial charge in [-0.3, -0.25) is 4.79 Å². The SMILES string of the molecule is CSCCCN1C[C@@H](NC(=O)c2cc(C3CC3)on2)[C@H](C2CC2)C1. The van der Waals surface area contributed by atoms with Gasteiger partial charge in [-0.05, 0) is 62.5 Å². The first-order chi connectivity index (χ1) is 11.7. The summed E-state index contributed by atoms with van der Waals surface area (Å²) in [4.78, 5) is 15.1. The number of carbonyl (C=O) groups is 1. The van der Waals surface area contributed by atoms with Gasteiger partial charge < -0.3 is 14.7 Å². The van der Waals surface area contributed by atoms with E-state index in [9.17, 15) is 4.79 Å². The van der Waals surface area contributed by atoms with Crippen molar-refractivity contribution in [1.82, 2.24) is 15.4 Å². The summed E-state index contributed by atoms with van der Waals surface area (Å²) >= 11 is 1.91. The van der Waals surface area contributed by atoms with Crippen molar-refractivity contribution in [2.45, 2.75) is 44.1 Å². The molecule has 4 rings (SSSR count). The number of thioether (sulfide) groups is 1. The van der Waals surface area contributed by atoms with Gasteiger partial charge in [-0.15, -0.1) is 0 Å². The Balaban J connectivity index is 1.35. The lowest BCUT2D eigenvalue weighted by Gasteiger charge is -2.18. The number of carbonyl (C=O) groups excluding carboxylic acids is 1.